The number of nitrogens with zero attached hydrogens (tertiary/aromatic N) is 1. The second-order valence-electron chi connectivity index (χ2n) is 19.9. The summed E-state index contributed by atoms with van der Waals surface area (Å²) in [6.07, 6.45) is 67.4. The third-order valence-corrected chi connectivity index (χ3v) is 13.1. The highest BCUT2D eigenvalue weighted by Gasteiger charge is 2.23. The maximum atomic E-state index is 12.9. The molecule has 0 aromatic rings. The number of phosphoric ester groups is 1. The molecule has 67 heavy (non-hydrogen) atoms. The minimum absolute atomic E-state index is 0.00721. The van der Waals surface area contributed by atoms with Gasteiger partial charge in [0.2, 0.25) is 5.91 Å². The van der Waals surface area contributed by atoms with E-state index in [4.69, 9.17) is 9.05 Å². The monoisotopic (exact) mass is 959 g/mol. The molecule has 8 nitrogen and oxygen atoms in total. The smallest absolute Gasteiger partial charge is 0.268 e. The highest BCUT2D eigenvalue weighted by molar-refractivity contribution is 7.45. The highest BCUT2D eigenvalue weighted by Crippen LogP contribution is 2.38. The van der Waals surface area contributed by atoms with Crippen LogP contribution in [-0.2, 0) is 18.4 Å². The van der Waals surface area contributed by atoms with Gasteiger partial charge in [-0.25, -0.2) is 0 Å². The summed E-state index contributed by atoms with van der Waals surface area (Å²) in [5.41, 5.74) is 0. The van der Waals surface area contributed by atoms with E-state index in [1.54, 1.807) is 6.08 Å². The van der Waals surface area contributed by atoms with Crippen LogP contribution in [0.15, 0.2) is 72.9 Å². The number of aliphatic hydroxyl groups excluding tert-OH is 1. The largest absolute Gasteiger partial charge is 0.756 e. The molecule has 0 aromatic carbocycles. The van der Waals surface area contributed by atoms with Gasteiger partial charge in [-0.2, -0.15) is 0 Å². The Morgan fingerprint density at radius 2 is 0.925 bits per heavy atom. The molecule has 0 aromatic heterocycles. The van der Waals surface area contributed by atoms with E-state index in [1.807, 2.05) is 27.2 Å². The van der Waals surface area contributed by atoms with Crippen LogP contribution in [0.2, 0.25) is 0 Å². The molecule has 0 aliphatic heterocycles. The molecule has 0 aliphatic carbocycles. The number of quaternary nitrogens is 1. The second-order valence-corrected chi connectivity index (χ2v) is 21.3. The molecule has 390 valence electrons. The Bertz CT molecular complexity index is 1320. The molecule has 0 saturated carbocycles. The van der Waals surface area contributed by atoms with Gasteiger partial charge in [0.15, 0.2) is 0 Å². The summed E-state index contributed by atoms with van der Waals surface area (Å²) in [5.74, 6) is -0.209. The van der Waals surface area contributed by atoms with Gasteiger partial charge in [0, 0.05) is 6.42 Å². The fourth-order valence-electron chi connectivity index (χ4n) is 7.79. The van der Waals surface area contributed by atoms with Crippen molar-refractivity contribution in [3.05, 3.63) is 72.9 Å². The van der Waals surface area contributed by atoms with Crippen LogP contribution in [-0.4, -0.2) is 68.5 Å². The number of phosphoric acid groups is 1. The first-order valence-electron chi connectivity index (χ1n) is 27.8. The van der Waals surface area contributed by atoms with Crippen LogP contribution in [0.25, 0.3) is 0 Å². The molecule has 0 radical (unpaired) electrons. The van der Waals surface area contributed by atoms with Crippen molar-refractivity contribution in [2.75, 3.05) is 40.9 Å². The lowest BCUT2D eigenvalue weighted by Gasteiger charge is -2.29. The Hall–Kier alpha value is -2.06. The SMILES string of the molecule is CC/C=C\C/C=C\C/C=C\C/C=C\CCCCCCCCCCCCCCCCCCCCCCCCCCC(=O)NC(COP(=O)([O-])OCC[N+](C)(C)C)C(O)/C=C/CC/C=C/CCCC. The van der Waals surface area contributed by atoms with Gasteiger partial charge in [-0.15, -0.1) is 0 Å². The number of aliphatic hydroxyl groups is 1. The van der Waals surface area contributed by atoms with E-state index in [0.29, 0.717) is 17.4 Å². The molecule has 9 heteroatoms. The Kier molecular flexibility index (Phi) is 47.4. The van der Waals surface area contributed by atoms with Crippen molar-refractivity contribution in [2.45, 2.75) is 251 Å². The summed E-state index contributed by atoms with van der Waals surface area (Å²) >= 11 is 0. The Balaban J connectivity index is 3.83. The van der Waals surface area contributed by atoms with E-state index >= 15 is 0 Å². The highest BCUT2D eigenvalue weighted by atomic mass is 31.2. The quantitative estimate of drug-likeness (QED) is 0.0272. The van der Waals surface area contributed by atoms with Crippen LogP contribution in [0.4, 0.5) is 0 Å². The Morgan fingerprint density at radius 3 is 1.39 bits per heavy atom. The predicted molar refractivity (Wildman–Crippen MR) is 288 cm³/mol. The van der Waals surface area contributed by atoms with Crippen molar-refractivity contribution in [3.63, 3.8) is 0 Å². The average Bonchev–Trinajstić information content (AvgIpc) is 3.29. The molecule has 0 saturated heterocycles. The summed E-state index contributed by atoms with van der Waals surface area (Å²) < 4.78 is 23.1. The maximum Gasteiger partial charge on any atom is 0.268 e. The van der Waals surface area contributed by atoms with Crippen LogP contribution in [0.1, 0.15) is 239 Å². The molecular formula is C58H107N2O6P. The van der Waals surface area contributed by atoms with E-state index in [0.717, 1.165) is 64.2 Å². The van der Waals surface area contributed by atoms with Gasteiger partial charge in [-0.3, -0.25) is 9.36 Å². The van der Waals surface area contributed by atoms with Gasteiger partial charge in [-0.1, -0.05) is 241 Å². The Labute approximate surface area is 414 Å². The molecule has 2 N–H and O–H groups in total. The van der Waals surface area contributed by atoms with Crippen molar-refractivity contribution in [1.29, 1.82) is 0 Å². The number of carbonyl (C=O) groups excluding carboxylic acids is 1. The lowest BCUT2D eigenvalue weighted by atomic mass is 10.0. The molecule has 1 amide bonds. The topological polar surface area (TPSA) is 108 Å². The van der Waals surface area contributed by atoms with Crippen molar-refractivity contribution in [3.8, 4) is 0 Å². The fraction of sp³-hybridized carbons (Fsp3) is 0.776. The molecule has 0 bridgehead atoms. The number of nitrogens with one attached hydrogen (secondary N) is 1. The predicted octanol–water partition coefficient (Wildman–Crippen LogP) is 16.1. The lowest BCUT2D eigenvalue weighted by molar-refractivity contribution is -0.870. The molecule has 0 rings (SSSR count). The van der Waals surface area contributed by atoms with Gasteiger partial charge < -0.3 is 28.8 Å². The number of hydrogen-bond donors (Lipinski definition) is 2. The van der Waals surface area contributed by atoms with Crippen LogP contribution < -0.4 is 10.2 Å². The number of carbonyl (C=O) groups is 1. The van der Waals surface area contributed by atoms with E-state index < -0.39 is 26.6 Å². The van der Waals surface area contributed by atoms with Gasteiger partial charge in [0.25, 0.3) is 7.82 Å². The standard InChI is InChI=1S/C58H107N2O6P/c1-6-8-10-12-14-16-17-18-19-20-21-22-23-24-25-26-27-28-29-30-31-32-33-34-35-36-37-38-39-40-41-42-43-44-46-48-50-52-58(62)59-56(55-66-67(63,64)65-54-53-60(3,4)5)57(61)51-49-47-45-15-13-11-9-7-2/h8,10,13-16,18-19,21-22,49,51,56-57,61H,6-7,9,11-12,17,20,23-48,50,52-55H2,1-5H3,(H-,59,62,63,64)/b10-8-,15-13+,16-14-,19-18-,22-21-,51-49+. The zero-order valence-corrected chi connectivity index (χ0v) is 45.2. The summed E-state index contributed by atoms with van der Waals surface area (Å²) in [6, 6.07) is -0.901. The fourth-order valence-corrected chi connectivity index (χ4v) is 8.52. The van der Waals surface area contributed by atoms with Gasteiger partial charge in [-0.05, 0) is 64.2 Å². The summed E-state index contributed by atoms with van der Waals surface area (Å²) in [5, 5.41) is 13.7. The first kappa shape index (κ1) is 64.9. The number of allylic oxidation sites excluding steroid dienone is 11. The van der Waals surface area contributed by atoms with Gasteiger partial charge >= 0.3 is 0 Å². The summed E-state index contributed by atoms with van der Waals surface area (Å²) in [6.45, 7) is 4.44. The number of likely N-dealkylation sites (N-methyl/N-ethyl adjacent to an activating group) is 1. The second kappa shape index (κ2) is 48.9. The summed E-state index contributed by atoms with van der Waals surface area (Å²) in [7, 11) is 1.24. The lowest BCUT2D eigenvalue weighted by Crippen LogP contribution is -2.45. The minimum Gasteiger partial charge on any atom is -0.756 e. The van der Waals surface area contributed by atoms with Crippen LogP contribution >= 0.6 is 7.82 Å². The number of hydrogen-bond acceptors (Lipinski definition) is 6. The molecule has 3 unspecified atom stereocenters. The Morgan fingerprint density at radius 1 is 0.537 bits per heavy atom. The normalized spacial score (nSPS) is 14.6. The van der Waals surface area contributed by atoms with E-state index in [9.17, 15) is 19.4 Å². The van der Waals surface area contributed by atoms with Crippen LogP contribution in [0.5, 0.6) is 0 Å². The zero-order chi connectivity index (χ0) is 49.2. The first-order chi connectivity index (χ1) is 32.5. The number of amides is 1. The van der Waals surface area contributed by atoms with E-state index in [2.05, 4.69) is 79.9 Å². The average molecular weight is 959 g/mol. The van der Waals surface area contributed by atoms with Gasteiger partial charge in [0.05, 0.1) is 39.9 Å². The van der Waals surface area contributed by atoms with Crippen molar-refractivity contribution >= 4 is 13.7 Å². The van der Waals surface area contributed by atoms with Crippen molar-refractivity contribution < 1.29 is 32.9 Å². The zero-order valence-electron chi connectivity index (χ0n) is 44.3. The maximum absolute atomic E-state index is 12.9. The molecule has 0 heterocycles. The molecule has 0 spiro atoms. The number of unbranched alkanes of at least 4 members (excludes halogenated alkanes) is 27. The molecule has 3 atom stereocenters. The van der Waals surface area contributed by atoms with Gasteiger partial charge in [0.1, 0.15) is 13.2 Å². The third-order valence-electron chi connectivity index (χ3n) is 12.2. The minimum atomic E-state index is -4.59. The van der Waals surface area contributed by atoms with Crippen LogP contribution in [0, 0.1) is 0 Å². The van der Waals surface area contributed by atoms with Crippen molar-refractivity contribution in [2.24, 2.45) is 0 Å². The third kappa shape index (κ3) is 51.6. The van der Waals surface area contributed by atoms with Crippen LogP contribution in [0.3, 0.4) is 0 Å². The molecule has 0 aliphatic rings. The summed E-state index contributed by atoms with van der Waals surface area (Å²) in [4.78, 5) is 25.3. The van der Waals surface area contributed by atoms with E-state index in [1.165, 1.54) is 154 Å². The van der Waals surface area contributed by atoms with Crippen molar-refractivity contribution in [1.82, 2.24) is 5.32 Å². The van der Waals surface area contributed by atoms with E-state index in [-0.39, 0.29) is 12.5 Å². The molecular weight excluding hydrogens is 852 g/mol. The molecule has 0 fully saturated rings. The first-order valence-corrected chi connectivity index (χ1v) is 29.3. The number of rotatable bonds is 50.